The van der Waals surface area contributed by atoms with Crippen molar-refractivity contribution in [3.05, 3.63) is 30.7 Å². The van der Waals surface area contributed by atoms with E-state index >= 15 is 0 Å². The molecule has 1 unspecified atom stereocenters. The largest absolute Gasteiger partial charge is 0.423 e. The van der Waals surface area contributed by atoms with Crippen LogP contribution in [0.25, 0.3) is 11.5 Å². The van der Waals surface area contributed by atoms with Crippen LogP contribution in [-0.2, 0) is 0 Å². The third-order valence-corrected chi connectivity index (χ3v) is 2.82. The molecule has 90 valence electrons. The molecule has 0 bridgehead atoms. The first-order valence-electron chi connectivity index (χ1n) is 5.90. The van der Waals surface area contributed by atoms with Gasteiger partial charge in [-0.2, -0.15) is 0 Å². The molecule has 17 heavy (non-hydrogen) atoms. The molecule has 1 N–H and O–H groups in total. The molecule has 4 heteroatoms. The smallest absolute Gasteiger partial charge is 0.247 e. The van der Waals surface area contributed by atoms with Crippen molar-refractivity contribution in [2.24, 2.45) is 5.92 Å². The van der Waals surface area contributed by atoms with Crippen LogP contribution in [0.5, 0.6) is 0 Å². The zero-order chi connectivity index (χ0) is 12.1. The number of aromatic nitrogens is 2. The molecule has 0 saturated carbocycles. The third-order valence-electron chi connectivity index (χ3n) is 2.82. The summed E-state index contributed by atoms with van der Waals surface area (Å²) in [5.41, 5.74) is 2.03. The molecule has 0 saturated heterocycles. The highest BCUT2D eigenvalue weighted by molar-refractivity contribution is 5.60. The van der Waals surface area contributed by atoms with Crippen molar-refractivity contribution in [1.82, 2.24) is 10.2 Å². The quantitative estimate of drug-likeness (QED) is 0.858. The Bertz CT molecular complexity index is 453. The molecule has 0 spiro atoms. The minimum atomic E-state index is 0.553. The molecule has 1 atom stereocenters. The van der Waals surface area contributed by atoms with E-state index in [0.717, 1.165) is 17.8 Å². The van der Waals surface area contributed by atoms with Crippen LogP contribution in [-0.4, -0.2) is 16.7 Å². The Labute approximate surface area is 101 Å². The number of anilines is 1. The Morgan fingerprint density at radius 3 is 3.00 bits per heavy atom. The van der Waals surface area contributed by atoms with Gasteiger partial charge in [0.05, 0.1) is 0 Å². The van der Waals surface area contributed by atoms with Crippen molar-refractivity contribution in [2.75, 3.05) is 11.9 Å². The van der Waals surface area contributed by atoms with Gasteiger partial charge < -0.3 is 9.73 Å². The zero-order valence-electron chi connectivity index (χ0n) is 10.2. The molecule has 2 rings (SSSR count). The van der Waals surface area contributed by atoms with Crippen LogP contribution in [0.1, 0.15) is 20.3 Å². The maximum absolute atomic E-state index is 5.17. The van der Waals surface area contributed by atoms with E-state index in [-0.39, 0.29) is 0 Å². The van der Waals surface area contributed by atoms with Crippen LogP contribution < -0.4 is 5.32 Å². The van der Waals surface area contributed by atoms with E-state index < -0.39 is 0 Å². The molecule has 1 heterocycles. The maximum Gasteiger partial charge on any atom is 0.247 e. The minimum Gasteiger partial charge on any atom is -0.423 e. The molecule has 1 aromatic carbocycles. The highest BCUT2D eigenvalue weighted by Gasteiger charge is 2.04. The molecule has 0 amide bonds. The molecule has 0 fully saturated rings. The summed E-state index contributed by atoms with van der Waals surface area (Å²) in [5, 5.41) is 11.0. The molecule has 0 aliphatic rings. The summed E-state index contributed by atoms with van der Waals surface area (Å²) in [5.74, 6) is 1.22. The van der Waals surface area contributed by atoms with Gasteiger partial charge in [0.1, 0.15) is 0 Å². The van der Waals surface area contributed by atoms with Crippen molar-refractivity contribution < 1.29 is 4.42 Å². The van der Waals surface area contributed by atoms with Crippen molar-refractivity contribution in [3.63, 3.8) is 0 Å². The summed E-state index contributed by atoms with van der Waals surface area (Å²) in [6, 6.07) is 8.01. The molecular formula is C13H17N3O. The normalized spacial score (nSPS) is 12.4. The van der Waals surface area contributed by atoms with Gasteiger partial charge in [-0.1, -0.05) is 26.3 Å². The van der Waals surface area contributed by atoms with Gasteiger partial charge in [0, 0.05) is 17.8 Å². The number of hydrogen-bond acceptors (Lipinski definition) is 4. The average molecular weight is 231 g/mol. The summed E-state index contributed by atoms with van der Waals surface area (Å²) < 4.78 is 5.17. The number of nitrogens with one attached hydrogen (secondary N) is 1. The van der Waals surface area contributed by atoms with Gasteiger partial charge in [0.25, 0.3) is 0 Å². The lowest BCUT2D eigenvalue weighted by atomic mass is 10.1. The van der Waals surface area contributed by atoms with Crippen LogP contribution in [0.3, 0.4) is 0 Å². The lowest BCUT2D eigenvalue weighted by Gasteiger charge is -2.11. The lowest BCUT2D eigenvalue weighted by Crippen LogP contribution is -2.10. The van der Waals surface area contributed by atoms with Gasteiger partial charge in [-0.3, -0.25) is 0 Å². The summed E-state index contributed by atoms with van der Waals surface area (Å²) in [6.45, 7) is 5.40. The number of nitrogens with zero attached hydrogens (tertiary/aromatic N) is 2. The molecule has 1 aromatic heterocycles. The summed E-state index contributed by atoms with van der Waals surface area (Å²) >= 11 is 0. The Balaban J connectivity index is 2.07. The summed E-state index contributed by atoms with van der Waals surface area (Å²) in [7, 11) is 0. The second kappa shape index (κ2) is 5.48. The molecule has 0 aliphatic carbocycles. The lowest BCUT2D eigenvalue weighted by molar-refractivity contribution is 0.568. The number of hydrogen-bond donors (Lipinski definition) is 1. The monoisotopic (exact) mass is 231 g/mol. The van der Waals surface area contributed by atoms with Gasteiger partial charge in [-0.25, -0.2) is 0 Å². The minimum absolute atomic E-state index is 0.553. The first-order valence-corrected chi connectivity index (χ1v) is 5.90. The maximum atomic E-state index is 5.17. The van der Waals surface area contributed by atoms with Crippen molar-refractivity contribution >= 4 is 5.69 Å². The SMILES string of the molecule is CCC(C)CNc1cccc(-c2nnco2)c1. The third kappa shape index (κ3) is 3.06. The Morgan fingerprint density at radius 1 is 1.41 bits per heavy atom. The highest BCUT2D eigenvalue weighted by Crippen LogP contribution is 2.20. The number of benzene rings is 1. The van der Waals surface area contributed by atoms with E-state index in [1.54, 1.807) is 0 Å². The Morgan fingerprint density at radius 2 is 2.29 bits per heavy atom. The number of rotatable bonds is 5. The van der Waals surface area contributed by atoms with Crippen LogP contribution in [0.4, 0.5) is 5.69 Å². The van der Waals surface area contributed by atoms with Gasteiger partial charge in [-0.15, -0.1) is 10.2 Å². The van der Waals surface area contributed by atoms with Crippen LogP contribution >= 0.6 is 0 Å². The first kappa shape index (κ1) is 11.6. The second-order valence-corrected chi connectivity index (χ2v) is 4.22. The van der Waals surface area contributed by atoms with Crippen LogP contribution in [0.2, 0.25) is 0 Å². The van der Waals surface area contributed by atoms with E-state index in [1.807, 2.05) is 24.3 Å². The Hall–Kier alpha value is -1.84. The van der Waals surface area contributed by atoms with Crippen LogP contribution in [0, 0.1) is 5.92 Å². The van der Waals surface area contributed by atoms with E-state index in [2.05, 4.69) is 29.4 Å². The van der Waals surface area contributed by atoms with Crippen molar-refractivity contribution in [1.29, 1.82) is 0 Å². The van der Waals surface area contributed by atoms with E-state index in [9.17, 15) is 0 Å². The predicted molar refractivity (Wildman–Crippen MR) is 67.7 cm³/mol. The van der Waals surface area contributed by atoms with E-state index in [4.69, 9.17) is 4.42 Å². The fourth-order valence-electron chi connectivity index (χ4n) is 1.50. The molecular weight excluding hydrogens is 214 g/mol. The first-order chi connectivity index (χ1) is 8.29. The van der Waals surface area contributed by atoms with Crippen molar-refractivity contribution in [2.45, 2.75) is 20.3 Å². The molecule has 0 radical (unpaired) electrons. The molecule has 0 aliphatic heterocycles. The fourth-order valence-corrected chi connectivity index (χ4v) is 1.50. The van der Waals surface area contributed by atoms with Gasteiger partial charge in [0.2, 0.25) is 12.3 Å². The van der Waals surface area contributed by atoms with Crippen molar-refractivity contribution in [3.8, 4) is 11.5 Å². The van der Waals surface area contributed by atoms with E-state index in [1.165, 1.54) is 12.8 Å². The topological polar surface area (TPSA) is 51.0 Å². The average Bonchev–Trinajstić information content (AvgIpc) is 2.90. The fraction of sp³-hybridized carbons (Fsp3) is 0.385. The van der Waals surface area contributed by atoms with Gasteiger partial charge in [-0.05, 0) is 24.1 Å². The Kier molecular flexibility index (Phi) is 3.75. The zero-order valence-corrected chi connectivity index (χ0v) is 10.2. The van der Waals surface area contributed by atoms with Gasteiger partial charge in [0.15, 0.2) is 0 Å². The molecule has 4 nitrogen and oxygen atoms in total. The summed E-state index contributed by atoms with van der Waals surface area (Å²) in [6.07, 6.45) is 2.52. The van der Waals surface area contributed by atoms with E-state index in [0.29, 0.717) is 11.8 Å². The molecule has 2 aromatic rings. The second-order valence-electron chi connectivity index (χ2n) is 4.22. The van der Waals surface area contributed by atoms with Crippen LogP contribution in [0.15, 0.2) is 35.1 Å². The van der Waals surface area contributed by atoms with Gasteiger partial charge >= 0.3 is 0 Å². The summed E-state index contributed by atoms with van der Waals surface area (Å²) in [4.78, 5) is 0. The standard InChI is InChI=1S/C13H17N3O/c1-3-10(2)8-14-12-6-4-5-11(7-12)13-16-15-9-17-13/h4-7,9-10,14H,3,8H2,1-2H3. The predicted octanol–water partition coefficient (Wildman–Crippen LogP) is 3.19. The highest BCUT2D eigenvalue weighted by atomic mass is 16.4.